The topological polar surface area (TPSA) is 119 Å². The molecule has 1 fully saturated rings. The average molecular weight is 544 g/mol. The van der Waals surface area contributed by atoms with E-state index in [2.05, 4.69) is 25.5 Å². The van der Waals surface area contributed by atoms with Gasteiger partial charge in [-0.25, -0.2) is 0 Å². The molecular formula is C25H33N7O3S2. The number of likely N-dealkylation sites (N-methyl/N-ethyl adjacent to an activating group) is 2. The molecule has 3 heterocycles. The van der Waals surface area contributed by atoms with Crippen molar-refractivity contribution in [3.63, 3.8) is 0 Å². The van der Waals surface area contributed by atoms with E-state index < -0.39 is 0 Å². The van der Waals surface area contributed by atoms with Crippen LogP contribution >= 0.6 is 27.0 Å². The number of aliphatic hydroxyl groups excluding tert-OH is 1. The summed E-state index contributed by atoms with van der Waals surface area (Å²) in [5, 5.41) is 24.3. The molecule has 1 saturated heterocycles. The summed E-state index contributed by atoms with van der Waals surface area (Å²) in [4.78, 5) is 31.1. The van der Waals surface area contributed by atoms with E-state index in [1.54, 1.807) is 16.8 Å². The fourth-order valence-corrected chi connectivity index (χ4v) is 4.91. The van der Waals surface area contributed by atoms with Crippen LogP contribution in [0.1, 0.15) is 29.2 Å². The normalized spacial score (nSPS) is 17.6. The Labute approximate surface area is 229 Å². The monoisotopic (exact) mass is 543 g/mol. The van der Waals surface area contributed by atoms with Crippen molar-refractivity contribution in [3.8, 4) is 11.4 Å². The molecule has 0 unspecified atom stereocenters. The number of likely N-dealkylation sites (tertiary alicyclic amines) is 1. The maximum Gasteiger partial charge on any atom is 0.231 e. The van der Waals surface area contributed by atoms with Crippen molar-refractivity contribution in [1.29, 1.82) is 0 Å². The van der Waals surface area contributed by atoms with Crippen LogP contribution in [0.4, 0.5) is 5.69 Å². The first kappa shape index (κ1) is 28.6. The molecule has 1 aromatic heterocycles. The van der Waals surface area contributed by atoms with Gasteiger partial charge < -0.3 is 14.9 Å². The summed E-state index contributed by atoms with van der Waals surface area (Å²) >= 11 is 0. The number of benzene rings is 2. The summed E-state index contributed by atoms with van der Waals surface area (Å²) < 4.78 is 0. The molecule has 2 aliphatic rings. The molecule has 198 valence electrons. The highest BCUT2D eigenvalue weighted by Gasteiger charge is 2.29. The average Bonchev–Trinajstić information content (AvgIpc) is 3.59. The number of aliphatic hydroxyl groups is 1. The first-order valence-corrected chi connectivity index (χ1v) is 11.8. The molecule has 10 nitrogen and oxygen atoms in total. The molecule has 2 aliphatic heterocycles. The van der Waals surface area contributed by atoms with Gasteiger partial charge in [-0.1, -0.05) is 30.3 Å². The Balaban J connectivity index is 0.00000190. The smallest absolute Gasteiger partial charge is 0.231 e. The quantitative estimate of drug-likeness (QED) is 0.463. The lowest BCUT2D eigenvalue weighted by atomic mass is 10.0. The van der Waals surface area contributed by atoms with E-state index in [1.165, 1.54) is 0 Å². The molecule has 12 heteroatoms. The molecule has 5 rings (SSSR count). The first-order chi connectivity index (χ1) is 16.9. The fourth-order valence-electron chi connectivity index (χ4n) is 4.91. The maximum absolute atomic E-state index is 13.5. The molecule has 2 amide bonds. The number of carbonyl (C=O) groups is 2. The number of nitrogens with one attached hydrogen (secondary N) is 1. The zero-order valence-corrected chi connectivity index (χ0v) is 22.9. The molecule has 0 bridgehead atoms. The Bertz CT molecular complexity index is 1240. The van der Waals surface area contributed by atoms with Crippen LogP contribution in [0.25, 0.3) is 11.4 Å². The number of hydrogen-bond acceptors (Lipinski definition) is 7. The maximum atomic E-state index is 13.5. The van der Waals surface area contributed by atoms with Crippen LogP contribution in [-0.2, 0) is 22.4 Å². The Morgan fingerprint density at radius 3 is 2.76 bits per heavy atom. The Hall–Kier alpha value is -2.93. The third-order valence-corrected chi connectivity index (χ3v) is 7.00. The number of fused-ring (bicyclic) bond motifs is 1. The molecule has 2 aromatic carbocycles. The highest BCUT2D eigenvalue weighted by molar-refractivity contribution is 7.59. The van der Waals surface area contributed by atoms with Gasteiger partial charge in [0.15, 0.2) is 0 Å². The van der Waals surface area contributed by atoms with Gasteiger partial charge in [0.25, 0.3) is 0 Å². The van der Waals surface area contributed by atoms with Crippen LogP contribution in [0.15, 0.2) is 42.5 Å². The van der Waals surface area contributed by atoms with Crippen molar-refractivity contribution < 1.29 is 14.7 Å². The zero-order valence-electron chi connectivity index (χ0n) is 20.9. The van der Waals surface area contributed by atoms with Gasteiger partial charge in [0, 0.05) is 45.0 Å². The van der Waals surface area contributed by atoms with E-state index >= 15 is 0 Å². The van der Waals surface area contributed by atoms with Crippen LogP contribution in [0, 0.1) is 0 Å². The molecule has 0 spiro atoms. The second-order valence-corrected chi connectivity index (χ2v) is 9.35. The van der Waals surface area contributed by atoms with Gasteiger partial charge in [-0.3, -0.25) is 14.5 Å². The summed E-state index contributed by atoms with van der Waals surface area (Å²) in [6, 6.07) is 13.4. The number of rotatable bonds is 7. The minimum atomic E-state index is -0.339. The van der Waals surface area contributed by atoms with Gasteiger partial charge in [-0.2, -0.15) is 32.2 Å². The van der Waals surface area contributed by atoms with E-state index in [-0.39, 0.29) is 57.4 Å². The lowest BCUT2D eigenvalue weighted by molar-refractivity contribution is -0.131. The van der Waals surface area contributed by atoms with Crippen LogP contribution in [0.5, 0.6) is 0 Å². The summed E-state index contributed by atoms with van der Waals surface area (Å²) in [5.41, 5.74) is 4.51. The Morgan fingerprint density at radius 1 is 1.24 bits per heavy atom. The van der Waals surface area contributed by atoms with Gasteiger partial charge in [-0.15, -0.1) is 10.2 Å². The minimum absolute atomic E-state index is 0. The first-order valence-electron chi connectivity index (χ1n) is 11.8. The number of aromatic nitrogens is 4. The number of hydrogen-bond donors (Lipinski definition) is 2. The largest absolute Gasteiger partial charge is 0.392 e. The molecule has 2 N–H and O–H groups in total. The zero-order chi connectivity index (χ0) is 24.5. The Kier molecular flexibility index (Phi) is 9.35. The third-order valence-electron chi connectivity index (χ3n) is 7.00. The van der Waals surface area contributed by atoms with Crippen LogP contribution in [0.3, 0.4) is 0 Å². The second kappa shape index (κ2) is 12.1. The number of amides is 2. The number of carbonyl (C=O) groups excluding carboxylic acids is 2. The summed E-state index contributed by atoms with van der Waals surface area (Å²) in [6.45, 7) is 1.99. The Morgan fingerprint density at radius 2 is 2.05 bits per heavy atom. The van der Waals surface area contributed by atoms with E-state index in [0.717, 1.165) is 40.9 Å². The van der Waals surface area contributed by atoms with Crippen molar-refractivity contribution >= 4 is 44.5 Å². The highest BCUT2D eigenvalue weighted by atomic mass is 32.1. The number of tetrazole rings is 1. The van der Waals surface area contributed by atoms with Crippen LogP contribution < -0.4 is 4.90 Å². The number of aromatic amines is 1. The van der Waals surface area contributed by atoms with Crippen LogP contribution in [0.2, 0.25) is 0 Å². The molecule has 0 aliphatic carbocycles. The van der Waals surface area contributed by atoms with Gasteiger partial charge in [0.1, 0.15) is 0 Å². The van der Waals surface area contributed by atoms with Crippen molar-refractivity contribution in [1.82, 2.24) is 30.4 Å². The fraction of sp³-hybridized carbons (Fsp3) is 0.400. The summed E-state index contributed by atoms with van der Waals surface area (Å²) in [7, 11) is 3.59. The summed E-state index contributed by atoms with van der Waals surface area (Å²) in [6.07, 6.45) is 1.03. The van der Waals surface area contributed by atoms with Gasteiger partial charge >= 0.3 is 0 Å². The predicted molar refractivity (Wildman–Crippen MR) is 150 cm³/mol. The van der Waals surface area contributed by atoms with Crippen molar-refractivity contribution in [3.05, 3.63) is 59.2 Å². The number of anilines is 1. The standard InChI is InChI=1S/C25H29N7O3.2H2S/c1-30-21-10-16(6-7-18(21)13-24(30)35)11-23(34)31(2)22(15-32-9-8-20(33)14-32)17-4-3-5-19(12-17)25-26-28-29-27-25;;/h3-7,10,12,20,22,33H,8-9,11,13-15H2,1-2H3,(H,26,27,28,29);2*1H2/t20-,22-;;/m1../s1. The third kappa shape index (κ3) is 6.15. The van der Waals surface area contributed by atoms with E-state index in [9.17, 15) is 14.7 Å². The van der Waals surface area contributed by atoms with Gasteiger partial charge in [0.2, 0.25) is 17.6 Å². The van der Waals surface area contributed by atoms with E-state index in [0.29, 0.717) is 25.3 Å². The van der Waals surface area contributed by atoms with Crippen LogP contribution in [-0.4, -0.2) is 87.2 Å². The SMILES string of the molecule is CN1C(=O)Cc2ccc(CC(=O)N(C)[C@H](CN3CC[C@@H](O)C3)c3cccc(-c4nn[nH]n4)c3)cc21.S.S. The minimum Gasteiger partial charge on any atom is -0.392 e. The van der Waals surface area contributed by atoms with Gasteiger partial charge in [-0.05, 0) is 40.5 Å². The number of H-pyrrole nitrogens is 1. The van der Waals surface area contributed by atoms with Crippen molar-refractivity contribution in [2.45, 2.75) is 31.4 Å². The molecular weight excluding hydrogens is 510 g/mol. The second-order valence-electron chi connectivity index (χ2n) is 9.35. The molecule has 37 heavy (non-hydrogen) atoms. The lowest BCUT2D eigenvalue weighted by Gasteiger charge is -2.32. The van der Waals surface area contributed by atoms with Crippen molar-refractivity contribution in [2.24, 2.45) is 0 Å². The number of nitrogens with zero attached hydrogens (tertiary/aromatic N) is 6. The van der Waals surface area contributed by atoms with Gasteiger partial charge in [0.05, 0.1) is 25.0 Å². The predicted octanol–water partition coefficient (Wildman–Crippen LogP) is 1.42. The van der Waals surface area contributed by atoms with E-state index in [4.69, 9.17) is 0 Å². The van der Waals surface area contributed by atoms with E-state index in [1.807, 2.05) is 49.5 Å². The number of β-amino-alcohol motifs (C(OH)–C–C–N with tert-alkyl or cyclic N) is 1. The molecule has 2 atom stereocenters. The highest BCUT2D eigenvalue weighted by Crippen LogP contribution is 2.30. The molecule has 0 saturated carbocycles. The summed E-state index contributed by atoms with van der Waals surface area (Å²) in [5.74, 6) is 0.537. The molecule has 3 aromatic rings. The lowest BCUT2D eigenvalue weighted by Crippen LogP contribution is -2.39. The molecule has 0 radical (unpaired) electrons. The van der Waals surface area contributed by atoms with Crippen molar-refractivity contribution in [2.75, 3.05) is 38.6 Å².